The topological polar surface area (TPSA) is 310 Å². The number of aliphatic hydroxyl groups is 4. The van der Waals surface area contributed by atoms with Crippen LogP contribution >= 0.6 is 8.38 Å². The molecule has 11 N–H and O–H groups in total. The number of nitrogens with one attached hydrogen (secondary N) is 2. The van der Waals surface area contributed by atoms with Crippen molar-refractivity contribution in [3.8, 4) is 0 Å². The van der Waals surface area contributed by atoms with Crippen LogP contribution in [0, 0.1) is 13.8 Å². The van der Waals surface area contributed by atoms with Gasteiger partial charge in [-0.2, -0.15) is 19.5 Å². The summed E-state index contributed by atoms with van der Waals surface area (Å²) in [7, 11) is 0.599. The lowest BCUT2D eigenvalue weighted by molar-refractivity contribution is -0.332. The maximum atomic E-state index is 12.2. The first kappa shape index (κ1) is 37.7. The number of aromatic amines is 2. The smallest absolute Gasteiger partial charge is 0.262 e. The Morgan fingerprint density at radius 1 is 0.880 bits per heavy atom. The Hall–Kier alpha value is -3.57. The average Bonchev–Trinajstić information content (AvgIpc) is 3.74. The molecule has 6 rings (SSSR count). The van der Waals surface area contributed by atoms with E-state index in [1.807, 2.05) is 0 Å². The van der Waals surface area contributed by atoms with E-state index >= 15 is 0 Å². The molecule has 3 unspecified atom stereocenters. The molecular weight excluding hydrogens is 687 g/mol. The van der Waals surface area contributed by atoms with Gasteiger partial charge in [-0.1, -0.05) is 0 Å². The molecule has 50 heavy (non-hydrogen) atoms. The molecule has 2 aliphatic rings. The number of methoxy groups -OCH3 is 2. The molecule has 2 saturated heterocycles. The second kappa shape index (κ2) is 14.2. The molecule has 4 aromatic rings. The van der Waals surface area contributed by atoms with E-state index in [9.17, 15) is 29.8 Å². The second-order valence-corrected chi connectivity index (χ2v) is 13.3. The van der Waals surface area contributed by atoms with Crippen molar-refractivity contribution in [1.82, 2.24) is 29.1 Å². The third-order valence-corrected chi connectivity index (χ3v) is 9.52. The van der Waals surface area contributed by atoms with Gasteiger partial charge in [0.05, 0.1) is 17.4 Å². The molecule has 0 aromatic carbocycles. The lowest BCUT2D eigenvalue weighted by Gasteiger charge is -2.31. The van der Waals surface area contributed by atoms with Crippen LogP contribution in [0.1, 0.15) is 37.4 Å². The molecule has 0 amide bonds. The number of aromatic nitrogens is 6. The van der Waals surface area contributed by atoms with E-state index < -0.39 is 68.5 Å². The van der Waals surface area contributed by atoms with Crippen LogP contribution in [-0.2, 0) is 28.5 Å². The predicted octanol–water partition coefficient (Wildman–Crippen LogP) is -1.29. The zero-order valence-electron chi connectivity index (χ0n) is 27.9. The van der Waals surface area contributed by atoms with Crippen molar-refractivity contribution in [2.24, 2.45) is 0 Å². The summed E-state index contributed by atoms with van der Waals surface area (Å²) in [6.45, 7) is 6.39. The molecule has 276 valence electrons. The van der Waals surface area contributed by atoms with E-state index in [-0.39, 0.29) is 29.7 Å². The van der Waals surface area contributed by atoms with Crippen LogP contribution < -0.4 is 22.6 Å². The van der Waals surface area contributed by atoms with Crippen LogP contribution in [-0.4, -0.2) is 117 Å². The zero-order valence-corrected chi connectivity index (χ0v) is 28.8. The van der Waals surface area contributed by atoms with Crippen molar-refractivity contribution in [2.45, 2.75) is 76.0 Å². The largest absolute Gasteiger partial charge is 0.394 e. The Morgan fingerprint density at radius 3 is 1.78 bits per heavy atom. The molecule has 0 saturated carbocycles. The molecule has 0 radical (unpaired) electrons. The van der Waals surface area contributed by atoms with E-state index in [1.54, 1.807) is 44.7 Å². The van der Waals surface area contributed by atoms with Gasteiger partial charge < -0.3 is 64.9 Å². The number of nitrogens with zero attached hydrogens (tertiary/aromatic N) is 4. The van der Waals surface area contributed by atoms with Crippen LogP contribution in [0.4, 0.5) is 11.9 Å². The summed E-state index contributed by atoms with van der Waals surface area (Å²) < 4.78 is 30.2. The van der Waals surface area contributed by atoms with Crippen molar-refractivity contribution in [1.29, 1.82) is 0 Å². The van der Waals surface area contributed by atoms with Gasteiger partial charge in [0.1, 0.15) is 35.9 Å². The molecule has 22 heteroatoms. The van der Waals surface area contributed by atoms with Gasteiger partial charge in [-0.25, -0.2) is 0 Å². The molecule has 0 aliphatic carbocycles. The Bertz CT molecular complexity index is 1970. The van der Waals surface area contributed by atoms with Crippen LogP contribution in [0.2, 0.25) is 0 Å². The van der Waals surface area contributed by atoms with Gasteiger partial charge in [-0.15, -0.1) is 0 Å². The minimum atomic E-state index is -2.23. The minimum absolute atomic E-state index is 0.0155. The summed E-state index contributed by atoms with van der Waals surface area (Å²) in [4.78, 5) is 51.8. The first-order chi connectivity index (χ1) is 23.6. The lowest BCUT2D eigenvalue weighted by Crippen LogP contribution is -2.46. The van der Waals surface area contributed by atoms with Gasteiger partial charge >= 0.3 is 0 Å². The highest BCUT2D eigenvalue weighted by molar-refractivity contribution is 7.45. The molecule has 2 fully saturated rings. The SMILES string of the molecule is CO[C@]1(C)C(O)[C@@H](CO)O[C@H]1n1cc(C)c2c(=O)[nH]c(N)nc21.CO[C@]1(C)C(O)[C@@H](OOP(O)CO)O[C@H]1n1cc(C)c2c(=O)[nH]c(N)nc21. The molecule has 6 heterocycles. The first-order valence-corrected chi connectivity index (χ1v) is 16.5. The van der Waals surface area contributed by atoms with Gasteiger partial charge in [-0.3, -0.25) is 19.6 Å². The highest BCUT2D eigenvalue weighted by Gasteiger charge is 2.57. The monoisotopic (exact) mass is 728 g/mol. The highest BCUT2D eigenvalue weighted by Crippen LogP contribution is 2.45. The Balaban J connectivity index is 0.000000197. The van der Waals surface area contributed by atoms with Gasteiger partial charge in [0, 0.05) is 26.6 Å². The van der Waals surface area contributed by atoms with Crippen LogP contribution in [0.5, 0.6) is 0 Å². The Morgan fingerprint density at radius 2 is 1.34 bits per heavy atom. The summed E-state index contributed by atoms with van der Waals surface area (Å²) >= 11 is 0. The molecule has 2 aliphatic heterocycles. The second-order valence-electron chi connectivity index (χ2n) is 12.1. The molecule has 4 aromatic heterocycles. The lowest BCUT2D eigenvalue weighted by atomic mass is 9.96. The summed E-state index contributed by atoms with van der Waals surface area (Å²) in [5.41, 5.74) is 10.0. The Kier molecular flexibility index (Phi) is 10.7. The van der Waals surface area contributed by atoms with E-state index in [2.05, 4.69) is 24.6 Å². The van der Waals surface area contributed by atoms with E-state index in [1.165, 1.54) is 18.8 Å². The highest BCUT2D eigenvalue weighted by atomic mass is 31.2. The quantitative estimate of drug-likeness (QED) is 0.0550. The van der Waals surface area contributed by atoms with Crippen molar-refractivity contribution >= 4 is 42.3 Å². The minimum Gasteiger partial charge on any atom is -0.394 e. The number of anilines is 2. The number of aliphatic hydroxyl groups excluding tert-OH is 4. The van der Waals surface area contributed by atoms with Gasteiger partial charge in [0.25, 0.3) is 11.1 Å². The average molecular weight is 729 g/mol. The van der Waals surface area contributed by atoms with Crippen molar-refractivity contribution in [3.05, 3.63) is 44.2 Å². The third-order valence-electron chi connectivity index (χ3n) is 9.02. The molecule has 9 atom stereocenters. The number of rotatable bonds is 9. The number of ether oxygens (including phenoxy) is 4. The van der Waals surface area contributed by atoms with Gasteiger partial charge in [0.15, 0.2) is 23.8 Å². The zero-order chi connectivity index (χ0) is 36.9. The molecule has 0 bridgehead atoms. The number of aryl methyl sites for hydroxylation is 2. The maximum Gasteiger partial charge on any atom is 0.262 e. The standard InChI is InChI=1S/C14H21N4O8P.C14H20N4O5/c1-6-4-18(9-7(6)10(21)17-13(15)16-9)12-14(2,23-3)8(20)11(24-12)25-26-27(22)5-19;1-6-4-18(10-8(6)11(21)17-13(15)16-10)12-14(2,22-3)9(20)7(5-19)23-12/h4,8,11-12,19-20,22H,5H2,1-3H3,(H3,15,16,17,21);4,7,9,12,19-20H,5H2,1-3H3,(H3,15,16,17,21)/t8?,11-,12-,14-,27?;7-,9?,12-,14-/m11/s1. The van der Waals surface area contributed by atoms with E-state index in [0.29, 0.717) is 27.5 Å². The molecular formula is C28H41N8O13P. The third kappa shape index (κ3) is 6.29. The Labute approximate surface area is 284 Å². The van der Waals surface area contributed by atoms with E-state index in [0.717, 1.165) is 0 Å². The summed E-state index contributed by atoms with van der Waals surface area (Å²) in [6.07, 6.45) is -3.57. The van der Waals surface area contributed by atoms with Gasteiger partial charge in [-0.05, 0) is 38.8 Å². The van der Waals surface area contributed by atoms with Crippen molar-refractivity contribution in [3.63, 3.8) is 0 Å². The maximum absolute atomic E-state index is 12.2. The van der Waals surface area contributed by atoms with Crippen LogP contribution in [0.15, 0.2) is 22.0 Å². The number of hydrogen-bond acceptors (Lipinski definition) is 17. The molecule has 21 nitrogen and oxygen atoms in total. The fraction of sp³-hybridized carbons (Fsp3) is 0.571. The van der Waals surface area contributed by atoms with Crippen LogP contribution in [0.25, 0.3) is 22.1 Å². The number of nitrogen functional groups attached to an aromatic ring is 2. The number of nitrogens with two attached hydrogens (primary N) is 2. The number of fused-ring (bicyclic) bond motifs is 2. The van der Waals surface area contributed by atoms with Crippen LogP contribution in [0.3, 0.4) is 0 Å². The van der Waals surface area contributed by atoms with Gasteiger partial charge in [0.2, 0.25) is 26.6 Å². The first-order valence-electron chi connectivity index (χ1n) is 15.1. The predicted molar refractivity (Wildman–Crippen MR) is 175 cm³/mol. The van der Waals surface area contributed by atoms with Crippen molar-refractivity contribution < 1.29 is 53.8 Å². The van der Waals surface area contributed by atoms with E-state index in [4.69, 9.17) is 40.4 Å². The fourth-order valence-corrected chi connectivity index (χ4v) is 6.40. The number of H-pyrrole nitrogens is 2. The van der Waals surface area contributed by atoms with Crippen molar-refractivity contribution in [2.75, 3.05) is 38.6 Å². The molecule has 0 spiro atoms. The summed E-state index contributed by atoms with van der Waals surface area (Å²) in [6, 6.07) is 0. The normalized spacial score (nSPS) is 30.2. The summed E-state index contributed by atoms with van der Waals surface area (Å²) in [5.74, 6) is -0.0901. The fourth-order valence-electron chi connectivity index (χ4n) is 6.17. The summed E-state index contributed by atoms with van der Waals surface area (Å²) in [5, 5.41) is 39.9. The number of hydrogen-bond donors (Lipinski definition) is 9.